The predicted octanol–water partition coefficient (Wildman–Crippen LogP) is 2.53. The molecule has 1 fully saturated rings. The van der Waals surface area contributed by atoms with Crippen LogP contribution in [0.15, 0.2) is 30.5 Å². The summed E-state index contributed by atoms with van der Waals surface area (Å²) < 4.78 is 13.7. The molecule has 2 heterocycles. The van der Waals surface area contributed by atoms with Crippen LogP contribution in [0, 0.1) is 17.7 Å². The van der Waals surface area contributed by atoms with Gasteiger partial charge in [-0.3, -0.25) is 14.7 Å². The van der Waals surface area contributed by atoms with Gasteiger partial charge in [-0.05, 0) is 29.7 Å². The average Bonchev–Trinajstić information content (AvgIpc) is 2.41. The van der Waals surface area contributed by atoms with Gasteiger partial charge in [0.05, 0.1) is 11.4 Å². The first-order valence-corrected chi connectivity index (χ1v) is 7.03. The minimum absolute atomic E-state index is 0.176. The van der Waals surface area contributed by atoms with Gasteiger partial charge in [0.15, 0.2) is 0 Å². The first-order valence-electron chi connectivity index (χ1n) is 7.03. The highest BCUT2D eigenvalue weighted by atomic mass is 19.1. The summed E-state index contributed by atoms with van der Waals surface area (Å²) in [4.78, 5) is 17.4. The third-order valence-electron chi connectivity index (χ3n) is 4.22. The zero-order valence-corrected chi connectivity index (χ0v) is 11.8. The van der Waals surface area contributed by atoms with Crippen LogP contribution in [0.25, 0.3) is 10.9 Å². The molecule has 5 heteroatoms. The molecule has 1 aliphatic rings. The van der Waals surface area contributed by atoms with Crippen LogP contribution in [0.4, 0.5) is 4.39 Å². The standard InChI is InChI=1S/C16H17FN2O2/c1-10(16(20)21)13-8-19(9-13)7-12-6-14(17)5-11-3-2-4-18-15(11)12/h2-6,10,13H,7-9H2,1H3,(H,20,21). The lowest BCUT2D eigenvalue weighted by Gasteiger charge is -2.41. The molecule has 1 aromatic carbocycles. The highest BCUT2D eigenvalue weighted by Gasteiger charge is 2.34. The highest BCUT2D eigenvalue weighted by Crippen LogP contribution is 2.27. The number of hydrogen-bond acceptors (Lipinski definition) is 3. The molecule has 1 aromatic heterocycles. The van der Waals surface area contributed by atoms with Crippen molar-refractivity contribution in [2.75, 3.05) is 13.1 Å². The number of benzene rings is 1. The number of likely N-dealkylation sites (tertiary alicyclic amines) is 1. The van der Waals surface area contributed by atoms with Crippen LogP contribution in [-0.4, -0.2) is 34.0 Å². The molecule has 110 valence electrons. The summed E-state index contributed by atoms with van der Waals surface area (Å²) in [5.41, 5.74) is 1.67. The van der Waals surface area contributed by atoms with Crippen molar-refractivity contribution in [1.29, 1.82) is 0 Å². The molecule has 1 unspecified atom stereocenters. The summed E-state index contributed by atoms with van der Waals surface area (Å²) in [6, 6.07) is 6.64. The third kappa shape index (κ3) is 2.74. The van der Waals surface area contributed by atoms with Crippen LogP contribution in [0.1, 0.15) is 12.5 Å². The van der Waals surface area contributed by atoms with Crippen molar-refractivity contribution in [2.24, 2.45) is 11.8 Å². The number of halogens is 1. The van der Waals surface area contributed by atoms with Gasteiger partial charge in [0, 0.05) is 31.2 Å². The van der Waals surface area contributed by atoms with Gasteiger partial charge in [0.1, 0.15) is 5.82 Å². The second kappa shape index (κ2) is 5.41. The van der Waals surface area contributed by atoms with E-state index in [-0.39, 0.29) is 17.7 Å². The Morgan fingerprint density at radius 1 is 1.52 bits per heavy atom. The Bertz CT molecular complexity index is 683. The number of aliphatic carboxylic acids is 1. The molecular formula is C16H17FN2O2. The van der Waals surface area contributed by atoms with E-state index in [2.05, 4.69) is 9.88 Å². The number of carboxylic acid groups (broad SMARTS) is 1. The molecule has 4 nitrogen and oxygen atoms in total. The van der Waals surface area contributed by atoms with Gasteiger partial charge >= 0.3 is 5.97 Å². The van der Waals surface area contributed by atoms with Crippen molar-refractivity contribution < 1.29 is 14.3 Å². The molecule has 1 N–H and O–H groups in total. The lowest BCUT2D eigenvalue weighted by atomic mass is 9.87. The molecule has 3 rings (SSSR count). The zero-order chi connectivity index (χ0) is 15.0. The molecule has 0 aliphatic carbocycles. The lowest BCUT2D eigenvalue weighted by molar-refractivity contribution is -0.145. The third-order valence-corrected chi connectivity index (χ3v) is 4.22. The van der Waals surface area contributed by atoms with Gasteiger partial charge in [-0.2, -0.15) is 0 Å². The Labute approximate surface area is 122 Å². The van der Waals surface area contributed by atoms with Crippen LogP contribution >= 0.6 is 0 Å². The molecule has 0 spiro atoms. The van der Waals surface area contributed by atoms with E-state index < -0.39 is 5.97 Å². The van der Waals surface area contributed by atoms with E-state index in [4.69, 9.17) is 5.11 Å². The predicted molar refractivity (Wildman–Crippen MR) is 77.3 cm³/mol. The van der Waals surface area contributed by atoms with E-state index in [1.54, 1.807) is 19.2 Å². The fourth-order valence-electron chi connectivity index (χ4n) is 2.85. The maximum atomic E-state index is 13.7. The summed E-state index contributed by atoms with van der Waals surface area (Å²) in [6.45, 7) is 3.81. The summed E-state index contributed by atoms with van der Waals surface area (Å²) >= 11 is 0. The Balaban J connectivity index is 1.74. The molecule has 1 atom stereocenters. The Morgan fingerprint density at radius 2 is 2.29 bits per heavy atom. The average molecular weight is 288 g/mol. The maximum absolute atomic E-state index is 13.7. The normalized spacial score (nSPS) is 17.6. The molecule has 21 heavy (non-hydrogen) atoms. The smallest absolute Gasteiger partial charge is 0.306 e. The summed E-state index contributed by atoms with van der Waals surface area (Å²) in [5, 5.41) is 9.79. The van der Waals surface area contributed by atoms with E-state index >= 15 is 0 Å². The van der Waals surface area contributed by atoms with Crippen molar-refractivity contribution in [1.82, 2.24) is 9.88 Å². The Morgan fingerprint density at radius 3 is 3.00 bits per heavy atom. The first-order chi connectivity index (χ1) is 10.0. The molecule has 0 bridgehead atoms. The van der Waals surface area contributed by atoms with Crippen molar-refractivity contribution in [3.05, 3.63) is 41.8 Å². The number of fused-ring (bicyclic) bond motifs is 1. The molecule has 0 saturated carbocycles. The zero-order valence-electron chi connectivity index (χ0n) is 11.8. The van der Waals surface area contributed by atoms with E-state index in [0.717, 1.165) is 29.6 Å². The van der Waals surface area contributed by atoms with Crippen molar-refractivity contribution >= 4 is 16.9 Å². The summed E-state index contributed by atoms with van der Waals surface area (Å²) in [7, 11) is 0. The monoisotopic (exact) mass is 288 g/mol. The van der Waals surface area contributed by atoms with Gasteiger partial charge in [-0.25, -0.2) is 4.39 Å². The minimum Gasteiger partial charge on any atom is -0.481 e. The van der Waals surface area contributed by atoms with Crippen LogP contribution < -0.4 is 0 Å². The summed E-state index contributed by atoms with van der Waals surface area (Å²) in [5.74, 6) is -1.17. The lowest BCUT2D eigenvalue weighted by Crippen LogP contribution is -2.50. The van der Waals surface area contributed by atoms with E-state index in [0.29, 0.717) is 6.54 Å². The van der Waals surface area contributed by atoms with Crippen molar-refractivity contribution in [2.45, 2.75) is 13.5 Å². The van der Waals surface area contributed by atoms with Crippen LogP contribution in [-0.2, 0) is 11.3 Å². The second-order valence-corrected chi connectivity index (χ2v) is 5.72. The summed E-state index contributed by atoms with van der Waals surface area (Å²) in [6.07, 6.45) is 1.70. The highest BCUT2D eigenvalue weighted by molar-refractivity contribution is 5.81. The number of rotatable bonds is 4. The molecule has 1 saturated heterocycles. The van der Waals surface area contributed by atoms with Gasteiger partial charge in [-0.15, -0.1) is 0 Å². The van der Waals surface area contributed by atoms with Crippen LogP contribution in [0.3, 0.4) is 0 Å². The van der Waals surface area contributed by atoms with Gasteiger partial charge in [0.2, 0.25) is 0 Å². The second-order valence-electron chi connectivity index (χ2n) is 5.72. The number of nitrogens with zero attached hydrogens (tertiary/aromatic N) is 2. The quantitative estimate of drug-likeness (QED) is 0.939. The van der Waals surface area contributed by atoms with E-state index in [1.165, 1.54) is 12.1 Å². The first kappa shape index (κ1) is 13.9. The fraction of sp³-hybridized carbons (Fsp3) is 0.375. The Hall–Kier alpha value is -2.01. The molecular weight excluding hydrogens is 271 g/mol. The fourth-order valence-corrected chi connectivity index (χ4v) is 2.85. The molecule has 0 radical (unpaired) electrons. The number of hydrogen-bond donors (Lipinski definition) is 1. The maximum Gasteiger partial charge on any atom is 0.306 e. The van der Waals surface area contributed by atoms with Crippen LogP contribution in [0.5, 0.6) is 0 Å². The van der Waals surface area contributed by atoms with Crippen molar-refractivity contribution in [3.8, 4) is 0 Å². The Kier molecular flexibility index (Phi) is 3.59. The number of aromatic nitrogens is 1. The number of carbonyl (C=O) groups is 1. The molecule has 1 aliphatic heterocycles. The van der Waals surface area contributed by atoms with Gasteiger partial charge in [-0.1, -0.05) is 13.0 Å². The largest absolute Gasteiger partial charge is 0.481 e. The minimum atomic E-state index is -0.752. The van der Waals surface area contributed by atoms with E-state index in [9.17, 15) is 9.18 Å². The SMILES string of the molecule is CC(C(=O)O)C1CN(Cc2cc(F)cc3cccnc23)C1. The number of carboxylic acids is 1. The van der Waals surface area contributed by atoms with E-state index in [1.807, 2.05) is 6.07 Å². The topological polar surface area (TPSA) is 53.4 Å². The van der Waals surface area contributed by atoms with Crippen molar-refractivity contribution in [3.63, 3.8) is 0 Å². The van der Waals surface area contributed by atoms with Crippen LogP contribution in [0.2, 0.25) is 0 Å². The van der Waals surface area contributed by atoms with Gasteiger partial charge < -0.3 is 5.11 Å². The van der Waals surface area contributed by atoms with Gasteiger partial charge in [0.25, 0.3) is 0 Å². The molecule has 0 amide bonds. The number of pyridine rings is 1. The molecule has 2 aromatic rings.